The van der Waals surface area contributed by atoms with Crippen molar-refractivity contribution in [3.63, 3.8) is 0 Å². The second-order valence-corrected chi connectivity index (χ2v) is 4.59. The molecule has 2 atom stereocenters. The highest BCUT2D eigenvalue weighted by molar-refractivity contribution is 6.30. The molecule has 0 bridgehead atoms. The number of rotatable bonds is 2. The summed E-state index contributed by atoms with van der Waals surface area (Å²) in [5.74, 6) is 0.333. The van der Waals surface area contributed by atoms with Crippen molar-refractivity contribution >= 4 is 11.6 Å². The Balaban J connectivity index is 1.98. The van der Waals surface area contributed by atoms with Gasteiger partial charge in [0.2, 0.25) is 0 Å². The summed E-state index contributed by atoms with van der Waals surface area (Å²) in [7, 11) is 0. The van der Waals surface area contributed by atoms with Crippen LogP contribution in [0.15, 0.2) is 24.3 Å². The molecule has 1 aliphatic rings. The van der Waals surface area contributed by atoms with Crippen molar-refractivity contribution in [2.75, 3.05) is 13.1 Å². The maximum absolute atomic E-state index is 9.82. The molecule has 0 aliphatic carbocycles. The second kappa shape index (κ2) is 4.97. The van der Waals surface area contributed by atoms with Crippen LogP contribution in [-0.2, 0) is 6.42 Å². The standard InChI is InChI=1S/C12H16ClNO/c13-11-3-1-9(2-4-11)7-10-8-14-6-5-12(10)15/h1-4,10,12,14-15H,5-8H2. The fourth-order valence-corrected chi connectivity index (χ4v) is 2.17. The van der Waals surface area contributed by atoms with Gasteiger partial charge < -0.3 is 10.4 Å². The predicted molar refractivity (Wildman–Crippen MR) is 62.1 cm³/mol. The predicted octanol–water partition coefficient (Wildman–Crippen LogP) is 1.85. The van der Waals surface area contributed by atoms with E-state index in [-0.39, 0.29) is 6.10 Å². The molecule has 15 heavy (non-hydrogen) atoms. The van der Waals surface area contributed by atoms with Crippen LogP contribution in [0.5, 0.6) is 0 Å². The molecule has 0 saturated carbocycles. The normalized spacial score (nSPS) is 26.5. The van der Waals surface area contributed by atoms with E-state index in [0.717, 1.165) is 31.0 Å². The van der Waals surface area contributed by atoms with Crippen LogP contribution in [0.25, 0.3) is 0 Å². The molecule has 0 radical (unpaired) electrons. The molecule has 1 aromatic rings. The summed E-state index contributed by atoms with van der Waals surface area (Å²) >= 11 is 5.82. The minimum absolute atomic E-state index is 0.165. The lowest BCUT2D eigenvalue weighted by atomic mass is 9.90. The Labute approximate surface area is 95.3 Å². The molecule has 1 aromatic carbocycles. The van der Waals surface area contributed by atoms with Crippen molar-refractivity contribution < 1.29 is 5.11 Å². The van der Waals surface area contributed by atoms with Crippen LogP contribution in [0.3, 0.4) is 0 Å². The number of nitrogens with one attached hydrogen (secondary N) is 1. The van der Waals surface area contributed by atoms with E-state index in [1.807, 2.05) is 24.3 Å². The summed E-state index contributed by atoms with van der Waals surface area (Å²) < 4.78 is 0. The fourth-order valence-electron chi connectivity index (χ4n) is 2.04. The highest BCUT2D eigenvalue weighted by Crippen LogP contribution is 2.18. The number of piperidine rings is 1. The third kappa shape index (κ3) is 2.94. The first-order chi connectivity index (χ1) is 7.25. The third-order valence-electron chi connectivity index (χ3n) is 2.98. The van der Waals surface area contributed by atoms with Gasteiger partial charge in [0, 0.05) is 17.5 Å². The van der Waals surface area contributed by atoms with Gasteiger partial charge in [-0.3, -0.25) is 0 Å². The van der Waals surface area contributed by atoms with Gasteiger partial charge in [-0.2, -0.15) is 0 Å². The Morgan fingerprint density at radius 3 is 2.73 bits per heavy atom. The summed E-state index contributed by atoms with van der Waals surface area (Å²) in [6.45, 7) is 1.84. The molecule has 1 fully saturated rings. The lowest BCUT2D eigenvalue weighted by Gasteiger charge is -2.28. The van der Waals surface area contributed by atoms with Crippen molar-refractivity contribution in [3.8, 4) is 0 Å². The molecule has 3 heteroatoms. The highest BCUT2D eigenvalue weighted by Gasteiger charge is 2.22. The Hall–Kier alpha value is -0.570. The summed E-state index contributed by atoms with van der Waals surface area (Å²) in [5.41, 5.74) is 1.24. The first kappa shape index (κ1) is 10.9. The summed E-state index contributed by atoms with van der Waals surface area (Å²) in [6.07, 6.45) is 1.62. The highest BCUT2D eigenvalue weighted by atomic mass is 35.5. The Morgan fingerprint density at radius 2 is 2.07 bits per heavy atom. The van der Waals surface area contributed by atoms with Crippen molar-refractivity contribution in [1.29, 1.82) is 0 Å². The van der Waals surface area contributed by atoms with Crippen LogP contribution in [0.2, 0.25) is 5.02 Å². The molecule has 1 saturated heterocycles. The molecular formula is C12H16ClNO. The quantitative estimate of drug-likeness (QED) is 0.805. The van der Waals surface area contributed by atoms with E-state index in [9.17, 15) is 5.11 Å². The van der Waals surface area contributed by atoms with Gasteiger partial charge in [-0.05, 0) is 37.1 Å². The maximum Gasteiger partial charge on any atom is 0.0595 e. The summed E-state index contributed by atoms with van der Waals surface area (Å²) in [6, 6.07) is 7.87. The number of hydrogen-bond acceptors (Lipinski definition) is 2. The van der Waals surface area contributed by atoms with Crippen LogP contribution >= 0.6 is 11.6 Å². The Morgan fingerprint density at radius 1 is 1.33 bits per heavy atom. The Kier molecular flexibility index (Phi) is 3.62. The van der Waals surface area contributed by atoms with Crippen LogP contribution in [0.1, 0.15) is 12.0 Å². The summed E-state index contributed by atoms with van der Waals surface area (Å²) in [5, 5.41) is 13.9. The fraction of sp³-hybridized carbons (Fsp3) is 0.500. The van der Waals surface area contributed by atoms with E-state index in [4.69, 9.17) is 11.6 Å². The number of halogens is 1. The van der Waals surface area contributed by atoms with Crippen LogP contribution < -0.4 is 5.32 Å². The van der Waals surface area contributed by atoms with Crippen molar-refractivity contribution in [2.24, 2.45) is 5.92 Å². The van der Waals surface area contributed by atoms with E-state index in [1.165, 1.54) is 5.56 Å². The molecule has 1 aliphatic heterocycles. The smallest absolute Gasteiger partial charge is 0.0595 e. The van der Waals surface area contributed by atoms with E-state index in [2.05, 4.69) is 5.32 Å². The van der Waals surface area contributed by atoms with Gasteiger partial charge in [-0.15, -0.1) is 0 Å². The van der Waals surface area contributed by atoms with E-state index in [0.29, 0.717) is 5.92 Å². The summed E-state index contributed by atoms with van der Waals surface area (Å²) in [4.78, 5) is 0. The zero-order valence-electron chi connectivity index (χ0n) is 8.62. The maximum atomic E-state index is 9.82. The van der Waals surface area contributed by atoms with Gasteiger partial charge in [0.25, 0.3) is 0 Å². The number of hydrogen-bond donors (Lipinski definition) is 2. The SMILES string of the molecule is OC1CCNCC1Cc1ccc(Cl)cc1. The third-order valence-corrected chi connectivity index (χ3v) is 3.23. The van der Waals surface area contributed by atoms with E-state index in [1.54, 1.807) is 0 Å². The van der Waals surface area contributed by atoms with Crippen LogP contribution in [0.4, 0.5) is 0 Å². The molecule has 2 nitrogen and oxygen atoms in total. The largest absolute Gasteiger partial charge is 0.393 e. The van der Waals surface area contributed by atoms with Crippen molar-refractivity contribution in [1.82, 2.24) is 5.32 Å². The second-order valence-electron chi connectivity index (χ2n) is 4.15. The zero-order valence-corrected chi connectivity index (χ0v) is 9.37. The van der Waals surface area contributed by atoms with Gasteiger partial charge >= 0.3 is 0 Å². The molecule has 0 amide bonds. The van der Waals surface area contributed by atoms with Gasteiger partial charge in [0.15, 0.2) is 0 Å². The van der Waals surface area contributed by atoms with Gasteiger partial charge in [0.05, 0.1) is 6.10 Å². The number of aliphatic hydroxyl groups excluding tert-OH is 1. The molecule has 2 N–H and O–H groups in total. The van der Waals surface area contributed by atoms with Gasteiger partial charge in [0.1, 0.15) is 0 Å². The molecular weight excluding hydrogens is 210 g/mol. The molecule has 2 rings (SSSR count). The van der Waals surface area contributed by atoms with Gasteiger partial charge in [-0.1, -0.05) is 23.7 Å². The number of aliphatic hydroxyl groups is 1. The van der Waals surface area contributed by atoms with E-state index >= 15 is 0 Å². The first-order valence-corrected chi connectivity index (χ1v) is 5.77. The molecule has 1 heterocycles. The van der Waals surface area contributed by atoms with Crippen LogP contribution in [0, 0.1) is 5.92 Å². The van der Waals surface area contributed by atoms with Crippen molar-refractivity contribution in [3.05, 3.63) is 34.9 Å². The topological polar surface area (TPSA) is 32.3 Å². The average molecular weight is 226 g/mol. The number of benzene rings is 1. The molecule has 2 unspecified atom stereocenters. The average Bonchev–Trinajstić information content (AvgIpc) is 2.25. The minimum atomic E-state index is -0.165. The van der Waals surface area contributed by atoms with Crippen LogP contribution in [-0.4, -0.2) is 24.3 Å². The molecule has 0 spiro atoms. The minimum Gasteiger partial charge on any atom is -0.393 e. The van der Waals surface area contributed by atoms with E-state index < -0.39 is 0 Å². The monoisotopic (exact) mass is 225 g/mol. The zero-order chi connectivity index (χ0) is 10.7. The Bertz CT molecular complexity index is 312. The lowest BCUT2D eigenvalue weighted by Crippen LogP contribution is -2.40. The molecule has 82 valence electrons. The van der Waals surface area contributed by atoms with Crippen molar-refractivity contribution in [2.45, 2.75) is 18.9 Å². The lowest BCUT2D eigenvalue weighted by molar-refractivity contribution is 0.0791. The first-order valence-electron chi connectivity index (χ1n) is 5.39. The molecule has 0 aromatic heterocycles. The van der Waals surface area contributed by atoms with Gasteiger partial charge in [-0.25, -0.2) is 0 Å².